The molecule has 94 valence electrons. The molecule has 1 aromatic heterocycles. The molecule has 1 aliphatic rings. The Labute approximate surface area is 110 Å². The maximum absolute atomic E-state index is 5.82. The van der Waals surface area contributed by atoms with E-state index in [2.05, 4.69) is 27.3 Å². The van der Waals surface area contributed by atoms with Gasteiger partial charge in [0.1, 0.15) is 0 Å². The van der Waals surface area contributed by atoms with Crippen LogP contribution in [0, 0.1) is 0 Å². The van der Waals surface area contributed by atoms with Gasteiger partial charge in [0.15, 0.2) is 10.1 Å². The molecule has 1 unspecified atom stereocenters. The zero-order chi connectivity index (χ0) is 12.4. The van der Waals surface area contributed by atoms with E-state index in [0.29, 0.717) is 10.3 Å². The number of hydrogen-bond donors (Lipinski definition) is 2. The Morgan fingerprint density at radius 2 is 2.41 bits per heavy atom. The van der Waals surface area contributed by atoms with Crippen molar-refractivity contribution in [3.05, 3.63) is 5.82 Å². The molecule has 0 aliphatic carbocycles. The maximum Gasteiger partial charge on any atom is 0.224 e. The predicted molar refractivity (Wildman–Crippen MR) is 74.2 cm³/mol. The van der Waals surface area contributed by atoms with E-state index in [0.717, 1.165) is 25.5 Å². The summed E-state index contributed by atoms with van der Waals surface area (Å²) in [7, 11) is 2.06. The highest BCUT2D eigenvalue weighted by Crippen LogP contribution is 2.19. The number of thioether (sulfide) groups is 1. The number of nitrogen functional groups attached to an aromatic ring is 1. The second kappa shape index (κ2) is 5.30. The largest absolute Gasteiger partial charge is 0.368 e. The number of likely N-dealkylation sites (N-methyl/N-ethyl adjacent to an activating group) is 1. The smallest absolute Gasteiger partial charge is 0.224 e. The Bertz CT molecular complexity index is 418. The van der Waals surface area contributed by atoms with Crippen LogP contribution in [0.25, 0.3) is 0 Å². The van der Waals surface area contributed by atoms with Crippen LogP contribution in [0.15, 0.2) is 0 Å². The van der Waals surface area contributed by atoms with E-state index in [1.165, 1.54) is 16.4 Å². The highest BCUT2D eigenvalue weighted by atomic mass is 32.2. The number of thiocarbonyl (C=S) groups is 1. The molecule has 0 radical (unpaired) electrons. The molecule has 1 aliphatic heterocycles. The number of anilines is 1. The lowest BCUT2D eigenvalue weighted by molar-refractivity contribution is 0.194. The molecule has 1 aromatic rings. The first-order valence-corrected chi connectivity index (χ1v) is 6.98. The molecule has 6 nitrogen and oxygen atoms in total. The minimum atomic E-state index is 0.164. The second-order valence-corrected chi connectivity index (χ2v) is 5.35. The lowest BCUT2D eigenvalue weighted by atomic mass is 10.2. The summed E-state index contributed by atoms with van der Waals surface area (Å²) in [5, 5.41) is 7.72. The van der Waals surface area contributed by atoms with Gasteiger partial charge in [-0.15, -0.1) is 5.10 Å². The number of rotatable bonds is 1. The Hall–Kier alpha value is -0.700. The third-order valence-corrected chi connectivity index (χ3v) is 4.00. The maximum atomic E-state index is 5.82. The predicted octanol–water partition coefficient (Wildman–Crippen LogP) is -0.0676. The van der Waals surface area contributed by atoms with Gasteiger partial charge in [-0.3, -0.25) is 4.90 Å². The van der Waals surface area contributed by atoms with Crippen LogP contribution in [-0.4, -0.2) is 56.9 Å². The topological polar surface area (TPSA) is 72.0 Å². The van der Waals surface area contributed by atoms with Crippen LogP contribution in [0.4, 0.5) is 5.95 Å². The molecule has 0 bridgehead atoms. The van der Waals surface area contributed by atoms with Crippen molar-refractivity contribution in [2.24, 2.45) is 0 Å². The quantitative estimate of drug-likeness (QED) is 0.694. The van der Waals surface area contributed by atoms with Gasteiger partial charge in [0.05, 0.1) is 6.04 Å². The molecular weight excluding hydrogens is 256 g/mol. The van der Waals surface area contributed by atoms with E-state index in [-0.39, 0.29) is 6.04 Å². The van der Waals surface area contributed by atoms with E-state index in [9.17, 15) is 0 Å². The van der Waals surface area contributed by atoms with E-state index in [1.807, 2.05) is 6.26 Å². The van der Waals surface area contributed by atoms with E-state index in [1.54, 1.807) is 0 Å². The van der Waals surface area contributed by atoms with Gasteiger partial charge < -0.3 is 11.1 Å². The van der Waals surface area contributed by atoms with E-state index in [4.69, 9.17) is 18.0 Å². The monoisotopic (exact) mass is 272 g/mol. The van der Waals surface area contributed by atoms with Gasteiger partial charge in [-0.1, -0.05) is 24.0 Å². The first-order chi connectivity index (χ1) is 8.13. The van der Waals surface area contributed by atoms with Gasteiger partial charge in [0, 0.05) is 19.6 Å². The minimum absolute atomic E-state index is 0.164. The molecule has 2 rings (SSSR count). The number of nitrogens with zero attached hydrogens (tertiary/aromatic N) is 4. The van der Waals surface area contributed by atoms with Gasteiger partial charge in [-0.05, 0) is 13.3 Å². The number of piperazine rings is 1. The summed E-state index contributed by atoms with van der Waals surface area (Å²) >= 11 is 6.60. The SMILES string of the molecule is CSC(=S)n1nc(C2CNCCN2C)nc1N. The standard InChI is InChI=1S/C9H16N6S2/c1-14-4-3-11-5-6(14)7-12-8(10)15(13-7)9(16)17-2/h6,11H,3-5H2,1-2H3,(H2,10,12,13). The Kier molecular flexibility index (Phi) is 3.97. The van der Waals surface area contributed by atoms with Crippen LogP contribution < -0.4 is 11.1 Å². The third kappa shape index (κ3) is 2.59. The number of nitrogens with one attached hydrogen (secondary N) is 1. The average molecular weight is 272 g/mol. The fraction of sp³-hybridized carbons (Fsp3) is 0.667. The van der Waals surface area contributed by atoms with Crippen LogP contribution in [0.5, 0.6) is 0 Å². The summed E-state index contributed by atoms with van der Waals surface area (Å²) in [5.41, 5.74) is 5.82. The van der Waals surface area contributed by atoms with Crippen LogP contribution in [0.1, 0.15) is 11.9 Å². The first kappa shape index (κ1) is 12.7. The number of hydrogen-bond acceptors (Lipinski definition) is 7. The van der Waals surface area contributed by atoms with Gasteiger partial charge in [-0.25, -0.2) is 0 Å². The highest BCUT2D eigenvalue weighted by molar-refractivity contribution is 8.22. The molecule has 1 saturated heterocycles. The average Bonchev–Trinajstić information content (AvgIpc) is 2.71. The summed E-state index contributed by atoms with van der Waals surface area (Å²) in [6.45, 7) is 2.81. The van der Waals surface area contributed by atoms with Gasteiger partial charge >= 0.3 is 0 Å². The molecule has 0 saturated carbocycles. The zero-order valence-electron chi connectivity index (χ0n) is 9.88. The van der Waals surface area contributed by atoms with Gasteiger partial charge in [0.2, 0.25) is 5.95 Å². The van der Waals surface area contributed by atoms with E-state index >= 15 is 0 Å². The van der Waals surface area contributed by atoms with Crippen LogP contribution in [-0.2, 0) is 0 Å². The summed E-state index contributed by atoms with van der Waals surface area (Å²) in [5.74, 6) is 1.09. The number of aromatic nitrogens is 3. The molecular formula is C9H16N6S2. The number of nitrogens with two attached hydrogens (primary N) is 1. The van der Waals surface area contributed by atoms with Gasteiger partial charge in [-0.2, -0.15) is 9.67 Å². The first-order valence-electron chi connectivity index (χ1n) is 5.35. The minimum Gasteiger partial charge on any atom is -0.368 e. The van der Waals surface area contributed by atoms with Crippen LogP contribution in [0.3, 0.4) is 0 Å². The zero-order valence-corrected chi connectivity index (χ0v) is 11.5. The van der Waals surface area contributed by atoms with Crippen molar-refractivity contribution in [1.82, 2.24) is 25.0 Å². The molecule has 3 N–H and O–H groups in total. The highest BCUT2D eigenvalue weighted by Gasteiger charge is 2.25. The molecule has 0 amide bonds. The molecule has 8 heteroatoms. The van der Waals surface area contributed by atoms with Crippen LogP contribution in [0.2, 0.25) is 0 Å². The summed E-state index contributed by atoms with van der Waals surface area (Å²) in [6, 6.07) is 0.164. The summed E-state index contributed by atoms with van der Waals surface area (Å²) in [6.07, 6.45) is 1.90. The molecule has 0 aromatic carbocycles. The molecule has 2 heterocycles. The third-order valence-electron chi connectivity index (χ3n) is 2.81. The lowest BCUT2D eigenvalue weighted by Crippen LogP contribution is -2.44. The van der Waals surface area contributed by atoms with E-state index < -0.39 is 0 Å². The molecule has 1 fully saturated rings. The fourth-order valence-electron chi connectivity index (χ4n) is 1.80. The van der Waals surface area contributed by atoms with Crippen molar-refractivity contribution >= 4 is 34.2 Å². The molecule has 17 heavy (non-hydrogen) atoms. The molecule has 1 atom stereocenters. The van der Waals surface area contributed by atoms with Crippen molar-refractivity contribution < 1.29 is 0 Å². The fourth-order valence-corrected chi connectivity index (χ4v) is 2.24. The lowest BCUT2D eigenvalue weighted by Gasteiger charge is -2.30. The normalized spacial score (nSPS) is 21.6. The summed E-state index contributed by atoms with van der Waals surface area (Å²) in [4.78, 5) is 6.52. The van der Waals surface area contributed by atoms with Crippen molar-refractivity contribution in [1.29, 1.82) is 0 Å². The Balaban J connectivity index is 2.24. The summed E-state index contributed by atoms with van der Waals surface area (Å²) < 4.78 is 2.14. The van der Waals surface area contributed by atoms with Crippen molar-refractivity contribution in [3.63, 3.8) is 0 Å². The second-order valence-electron chi connectivity index (χ2n) is 3.91. The van der Waals surface area contributed by atoms with Crippen molar-refractivity contribution in [3.8, 4) is 0 Å². The Morgan fingerprint density at radius 1 is 1.65 bits per heavy atom. The molecule has 0 spiro atoms. The van der Waals surface area contributed by atoms with Crippen LogP contribution >= 0.6 is 24.0 Å². The Morgan fingerprint density at radius 3 is 3.06 bits per heavy atom. The van der Waals surface area contributed by atoms with Gasteiger partial charge in [0.25, 0.3) is 0 Å². The van der Waals surface area contributed by atoms with Crippen molar-refractivity contribution in [2.75, 3.05) is 38.7 Å². The van der Waals surface area contributed by atoms with Crippen molar-refractivity contribution in [2.45, 2.75) is 6.04 Å².